The van der Waals surface area contributed by atoms with Crippen LogP contribution in [0.25, 0.3) is 0 Å². The highest BCUT2D eigenvalue weighted by molar-refractivity contribution is 7.47. The number of phosphoric ester groups is 1. The monoisotopic (exact) mass is 973 g/mol. The fourth-order valence-electron chi connectivity index (χ4n) is 8.17. The number of aliphatic hydroxyl groups excluding tert-OH is 5. The second kappa shape index (κ2) is 42.9. The van der Waals surface area contributed by atoms with Gasteiger partial charge >= 0.3 is 19.8 Å². The lowest BCUT2D eigenvalue weighted by atomic mass is 9.85. The molecular weight excluding hydrogens is 876 g/mol. The van der Waals surface area contributed by atoms with Crippen LogP contribution in [0, 0.1) is 0 Å². The Morgan fingerprint density at radius 1 is 0.463 bits per heavy atom. The number of carbonyl (C=O) groups excluding carboxylic acids is 2. The highest BCUT2D eigenvalue weighted by atomic mass is 31.2. The zero-order chi connectivity index (χ0) is 49.2. The molecule has 0 amide bonds. The molecule has 1 aliphatic carbocycles. The van der Waals surface area contributed by atoms with Crippen molar-refractivity contribution in [2.45, 2.75) is 275 Å². The number of aliphatic hydroxyl groups is 5. The number of esters is 2. The van der Waals surface area contributed by atoms with E-state index >= 15 is 0 Å². The Morgan fingerprint density at radius 3 is 1.28 bits per heavy atom. The smallest absolute Gasteiger partial charge is 0.462 e. The van der Waals surface area contributed by atoms with Crippen LogP contribution in [0.2, 0.25) is 0 Å². The van der Waals surface area contributed by atoms with Crippen LogP contribution in [0.1, 0.15) is 232 Å². The standard InChI is InChI=1S/C53H97O13P/c1-3-5-7-9-11-13-15-17-19-20-21-22-23-24-25-26-28-29-31-33-35-37-39-41-46(54)63-43-45(44-64-67(61,62)66-53-51(59)49(57)48(56)50(58)52(53)60)65-47(55)42-40-38-36-34-32-30-27-18-16-14-12-10-8-6-4-2/h14,16,18,27,33,35,45,48-53,56-60H,3-13,15,17,19-26,28-32,34,36-44H2,1-2H3,(H,61,62)/b16-14+,27-18+,35-33+/t45-,48?,49-,50?,51?,52?,53?/m0/s1. The SMILES string of the molecule is CCCCCC/C=C/C=C/CCCCCCCC(=O)O[C@@H](COC(=O)CCC/C=C/CCCCCCCCCCCCCCCCCCCC)COP(=O)(O)OC1C(O)C(O)C(O)[C@H](O)C1O. The van der Waals surface area contributed by atoms with Gasteiger partial charge in [0, 0.05) is 12.8 Å². The molecule has 1 saturated carbocycles. The summed E-state index contributed by atoms with van der Waals surface area (Å²) in [6, 6.07) is 0. The van der Waals surface area contributed by atoms with Crippen molar-refractivity contribution in [3.63, 3.8) is 0 Å². The van der Waals surface area contributed by atoms with Gasteiger partial charge in [-0.3, -0.25) is 18.6 Å². The van der Waals surface area contributed by atoms with Gasteiger partial charge in [0.15, 0.2) is 6.10 Å². The first-order valence-electron chi connectivity index (χ1n) is 26.8. The van der Waals surface area contributed by atoms with Crippen LogP contribution >= 0.6 is 7.82 Å². The van der Waals surface area contributed by atoms with Gasteiger partial charge in [0.05, 0.1) is 6.61 Å². The maximum Gasteiger partial charge on any atom is 0.472 e. The Hall–Kier alpha value is -1.93. The maximum atomic E-state index is 12.8. The van der Waals surface area contributed by atoms with E-state index in [4.69, 9.17) is 18.5 Å². The minimum absolute atomic E-state index is 0.0745. The Bertz CT molecular complexity index is 1310. The predicted octanol–water partition coefficient (Wildman–Crippen LogP) is 11.7. The lowest BCUT2D eigenvalue weighted by Crippen LogP contribution is -2.64. The predicted molar refractivity (Wildman–Crippen MR) is 267 cm³/mol. The number of allylic oxidation sites excluding steroid dienone is 6. The molecule has 0 aromatic carbocycles. The van der Waals surface area contributed by atoms with Gasteiger partial charge in [-0.1, -0.05) is 198 Å². The second-order valence-corrected chi connectivity index (χ2v) is 20.2. The van der Waals surface area contributed by atoms with Crippen molar-refractivity contribution in [2.75, 3.05) is 13.2 Å². The highest BCUT2D eigenvalue weighted by Gasteiger charge is 2.51. The molecule has 13 nitrogen and oxygen atoms in total. The lowest BCUT2D eigenvalue weighted by Gasteiger charge is -2.41. The molecule has 0 aliphatic heterocycles. The van der Waals surface area contributed by atoms with E-state index in [9.17, 15) is 44.6 Å². The first kappa shape index (κ1) is 63.1. The number of rotatable bonds is 45. The van der Waals surface area contributed by atoms with Crippen LogP contribution in [-0.4, -0.2) is 98.3 Å². The molecular formula is C53H97O13P. The van der Waals surface area contributed by atoms with Gasteiger partial charge in [0.25, 0.3) is 0 Å². The second-order valence-electron chi connectivity index (χ2n) is 18.8. The third-order valence-corrected chi connectivity index (χ3v) is 13.5. The topological polar surface area (TPSA) is 210 Å². The molecule has 0 bridgehead atoms. The summed E-state index contributed by atoms with van der Waals surface area (Å²) in [5.41, 5.74) is 0. The third-order valence-electron chi connectivity index (χ3n) is 12.5. The van der Waals surface area contributed by atoms with Crippen LogP contribution in [0.4, 0.5) is 0 Å². The van der Waals surface area contributed by atoms with Crippen molar-refractivity contribution in [3.8, 4) is 0 Å². The normalized spacial score (nSPS) is 21.4. The summed E-state index contributed by atoms with van der Waals surface area (Å²) in [5.74, 6) is -1.15. The number of carbonyl (C=O) groups is 2. The van der Waals surface area contributed by atoms with Crippen LogP contribution in [0.5, 0.6) is 0 Å². The van der Waals surface area contributed by atoms with Gasteiger partial charge < -0.3 is 39.9 Å². The molecule has 1 fully saturated rings. The fraction of sp³-hybridized carbons (Fsp3) is 0.849. The maximum absolute atomic E-state index is 12.8. The number of ether oxygens (including phenoxy) is 2. The summed E-state index contributed by atoms with van der Waals surface area (Å²) in [4.78, 5) is 35.8. The third kappa shape index (κ3) is 34.9. The Balaban J connectivity index is 2.37. The van der Waals surface area contributed by atoms with Crippen LogP contribution in [0.15, 0.2) is 36.5 Å². The Kier molecular flexibility index (Phi) is 40.4. The summed E-state index contributed by atoms with van der Waals surface area (Å²) in [6.45, 7) is 3.28. The van der Waals surface area contributed by atoms with E-state index in [2.05, 4.69) is 50.3 Å². The van der Waals surface area contributed by atoms with Crippen molar-refractivity contribution in [2.24, 2.45) is 0 Å². The zero-order valence-electron chi connectivity index (χ0n) is 41.9. The lowest BCUT2D eigenvalue weighted by molar-refractivity contribution is -0.220. The van der Waals surface area contributed by atoms with E-state index in [1.807, 2.05) is 0 Å². The van der Waals surface area contributed by atoms with Gasteiger partial charge in [-0.05, 0) is 57.8 Å². The molecule has 6 N–H and O–H groups in total. The van der Waals surface area contributed by atoms with Crippen LogP contribution < -0.4 is 0 Å². The minimum atomic E-state index is -5.13. The Labute approximate surface area is 406 Å². The number of unbranched alkanes of at least 4 members (excludes halogenated alkanes) is 28. The van der Waals surface area contributed by atoms with Gasteiger partial charge in [-0.25, -0.2) is 4.57 Å². The summed E-state index contributed by atoms with van der Waals surface area (Å²) in [5, 5.41) is 50.3. The van der Waals surface area contributed by atoms with Crippen molar-refractivity contribution in [3.05, 3.63) is 36.5 Å². The zero-order valence-corrected chi connectivity index (χ0v) is 42.8. The molecule has 392 valence electrons. The molecule has 0 aromatic rings. The highest BCUT2D eigenvalue weighted by Crippen LogP contribution is 2.47. The molecule has 8 atom stereocenters. The average molecular weight is 973 g/mol. The van der Waals surface area contributed by atoms with E-state index in [0.717, 1.165) is 51.4 Å². The quantitative estimate of drug-likeness (QED) is 0.0110. The summed E-state index contributed by atoms with van der Waals surface area (Å²) in [7, 11) is -5.13. The largest absolute Gasteiger partial charge is 0.472 e. The number of hydrogen-bond donors (Lipinski definition) is 6. The van der Waals surface area contributed by atoms with Crippen molar-refractivity contribution in [1.82, 2.24) is 0 Å². The van der Waals surface area contributed by atoms with E-state index in [-0.39, 0.29) is 12.8 Å². The first-order chi connectivity index (χ1) is 32.4. The van der Waals surface area contributed by atoms with Crippen molar-refractivity contribution < 1.29 is 63.1 Å². The molecule has 0 aromatic heterocycles. The van der Waals surface area contributed by atoms with E-state index < -0.39 is 75.7 Å². The van der Waals surface area contributed by atoms with Gasteiger partial charge in [0.2, 0.25) is 0 Å². The average Bonchev–Trinajstić information content (AvgIpc) is 3.31. The molecule has 6 unspecified atom stereocenters. The summed E-state index contributed by atoms with van der Waals surface area (Å²) < 4.78 is 33.6. The fourth-order valence-corrected chi connectivity index (χ4v) is 9.14. The summed E-state index contributed by atoms with van der Waals surface area (Å²) >= 11 is 0. The van der Waals surface area contributed by atoms with E-state index in [0.29, 0.717) is 19.3 Å². The van der Waals surface area contributed by atoms with Gasteiger partial charge in [0.1, 0.15) is 43.2 Å². The molecule has 0 saturated heterocycles. The van der Waals surface area contributed by atoms with Crippen molar-refractivity contribution in [1.29, 1.82) is 0 Å². The van der Waals surface area contributed by atoms with Gasteiger partial charge in [-0.2, -0.15) is 0 Å². The molecule has 0 spiro atoms. The van der Waals surface area contributed by atoms with Crippen LogP contribution in [-0.2, 0) is 32.7 Å². The number of phosphoric acid groups is 1. The molecule has 67 heavy (non-hydrogen) atoms. The van der Waals surface area contributed by atoms with Gasteiger partial charge in [-0.15, -0.1) is 0 Å². The number of hydrogen-bond acceptors (Lipinski definition) is 12. The van der Waals surface area contributed by atoms with E-state index in [1.165, 1.54) is 135 Å². The van der Waals surface area contributed by atoms with Crippen LogP contribution in [0.3, 0.4) is 0 Å². The summed E-state index contributed by atoms with van der Waals surface area (Å²) in [6.07, 6.45) is 37.8. The minimum Gasteiger partial charge on any atom is -0.462 e. The van der Waals surface area contributed by atoms with Crippen molar-refractivity contribution >= 4 is 19.8 Å². The Morgan fingerprint density at radius 2 is 0.821 bits per heavy atom. The molecule has 1 rings (SSSR count). The molecule has 1 aliphatic rings. The molecule has 0 heterocycles. The molecule has 0 radical (unpaired) electrons. The molecule has 14 heteroatoms. The van der Waals surface area contributed by atoms with E-state index in [1.54, 1.807) is 0 Å². The first-order valence-corrected chi connectivity index (χ1v) is 28.3.